The number of thiazole rings is 1. The third kappa shape index (κ3) is 3.37. The number of ketones is 1. The van der Waals surface area contributed by atoms with Gasteiger partial charge in [-0.3, -0.25) is 9.48 Å². The predicted octanol–water partition coefficient (Wildman–Crippen LogP) is 3.59. The van der Waals surface area contributed by atoms with E-state index in [-0.39, 0.29) is 12.2 Å². The molecule has 1 fully saturated rings. The van der Waals surface area contributed by atoms with Crippen LogP contribution in [0.2, 0.25) is 0 Å². The molecule has 0 N–H and O–H groups in total. The number of hydrogen-bond donors (Lipinski definition) is 0. The standard InChI is InChI=1S/C19H21N3O3S/c1-12-20-17(11-26-12)18(23)8-13-7-14-10-22(15-3-5-25-6-4-15)21-16(14)9-19(13)24-2/h7,9-11,15H,3-6,8H2,1-2H3. The van der Waals surface area contributed by atoms with Crippen molar-refractivity contribution in [3.8, 4) is 5.75 Å². The maximum atomic E-state index is 12.5. The number of aryl methyl sites for hydroxylation is 1. The second kappa shape index (κ2) is 7.17. The molecule has 1 aliphatic heterocycles. The van der Waals surface area contributed by atoms with Gasteiger partial charge in [0.1, 0.15) is 11.4 Å². The van der Waals surface area contributed by atoms with E-state index in [0.717, 1.165) is 47.5 Å². The van der Waals surface area contributed by atoms with Gasteiger partial charge in [0, 0.05) is 48.2 Å². The smallest absolute Gasteiger partial charge is 0.186 e. The summed E-state index contributed by atoms with van der Waals surface area (Å²) in [5.74, 6) is 0.693. The zero-order valence-electron chi connectivity index (χ0n) is 14.9. The Balaban J connectivity index is 1.64. The topological polar surface area (TPSA) is 66.2 Å². The van der Waals surface area contributed by atoms with Gasteiger partial charge in [-0.1, -0.05) is 0 Å². The molecular weight excluding hydrogens is 350 g/mol. The van der Waals surface area contributed by atoms with Crippen LogP contribution in [0.1, 0.15) is 39.9 Å². The number of ether oxygens (including phenoxy) is 2. The Morgan fingerprint density at radius 1 is 1.38 bits per heavy atom. The highest BCUT2D eigenvalue weighted by molar-refractivity contribution is 7.09. The zero-order valence-corrected chi connectivity index (χ0v) is 15.7. The molecule has 7 heteroatoms. The fourth-order valence-corrected chi connectivity index (χ4v) is 3.96. The molecule has 0 saturated carbocycles. The quantitative estimate of drug-likeness (QED) is 0.641. The van der Waals surface area contributed by atoms with Crippen LogP contribution in [0.4, 0.5) is 0 Å². The Hall–Kier alpha value is -2.25. The molecular formula is C19H21N3O3S. The lowest BCUT2D eigenvalue weighted by molar-refractivity contribution is 0.0664. The molecule has 1 saturated heterocycles. The van der Waals surface area contributed by atoms with Gasteiger partial charge in [0.2, 0.25) is 0 Å². The van der Waals surface area contributed by atoms with E-state index in [1.54, 1.807) is 7.11 Å². The highest BCUT2D eigenvalue weighted by Gasteiger charge is 2.19. The number of Topliss-reactive ketones (excluding diaryl/α,β-unsaturated/α-hetero) is 1. The maximum absolute atomic E-state index is 12.5. The summed E-state index contributed by atoms with van der Waals surface area (Å²) in [4.78, 5) is 16.8. The Morgan fingerprint density at radius 2 is 2.19 bits per heavy atom. The predicted molar refractivity (Wildman–Crippen MR) is 100 cm³/mol. The summed E-state index contributed by atoms with van der Waals surface area (Å²) < 4.78 is 13.0. The monoisotopic (exact) mass is 371 g/mol. The van der Waals surface area contributed by atoms with Gasteiger partial charge in [-0.05, 0) is 25.8 Å². The van der Waals surface area contributed by atoms with E-state index >= 15 is 0 Å². The number of methoxy groups -OCH3 is 1. The van der Waals surface area contributed by atoms with Crippen molar-refractivity contribution in [1.82, 2.24) is 14.8 Å². The highest BCUT2D eigenvalue weighted by atomic mass is 32.1. The number of aromatic nitrogens is 3. The zero-order chi connectivity index (χ0) is 18.1. The van der Waals surface area contributed by atoms with Crippen molar-refractivity contribution < 1.29 is 14.3 Å². The van der Waals surface area contributed by atoms with E-state index in [2.05, 4.69) is 11.2 Å². The molecule has 1 aromatic carbocycles. The number of carbonyl (C=O) groups excluding carboxylic acids is 1. The minimum atomic E-state index is 0.00354. The van der Waals surface area contributed by atoms with Crippen molar-refractivity contribution in [2.45, 2.75) is 32.2 Å². The lowest BCUT2D eigenvalue weighted by Gasteiger charge is -2.22. The molecule has 4 rings (SSSR count). The average Bonchev–Trinajstić information content (AvgIpc) is 3.27. The van der Waals surface area contributed by atoms with Gasteiger partial charge in [0.05, 0.1) is 23.7 Å². The van der Waals surface area contributed by atoms with E-state index in [4.69, 9.17) is 14.6 Å². The molecule has 0 atom stereocenters. The Bertz CT molecular complexity index is 941. The van der Waals surface area contributed by atoms with Crippen LogP contribution in [0.25, 0.3) is 10.9 Å². The Morgan fingerprint density at radius 3 is 2.88 bits per heavy atom. The van der Waals surface area contributed by atoms with Gasteiger partial charge in [-0.25, -0.2) is 4.98 Å². The summed E-state index contributed by atoms with van der Waals surface area (Å²) >= 11 is 1.49. The molecule has 136 valence electrons. The van der Waals surface area contributed by atoms with E-state index in [1.807, 2.05) is 29.1 Å². The molecule has 1 aliphatic rings. The van der Waals surface area contributed by atoms with Crippen LogP contribution in [0.3, 0.4) is 0 Å². The first-order valence-electron chi connectivity index (χ1n) is 8.73. The summed E-state index contributed by atoms with van der Waals surface area (Å²) in [5, 5.41) is 8.44. The molecule has 0 unspecified atom stereocenters. The largest absolute Gasteiger partial charge is 0.496 e. The number of hydrogen-bond acceptors (Lipinski definition) is 6. The first-order chi connectivity index (χ1) is 12.6. The lowest BCUT2D eigenvalue weighted by atomic mass is 10.0. The van der Waals surface area contributed by atoms with Gasteiger partial charge in [-0.2, -0.15) is 5.10 Å². The second-order valence-electron chi connectivity index (χ2n) is 6.53. The van der Waals surface area contributed by atoms with Gasteiger partial charge in [0.15, 0.2) is 5.78 Å². The van der Waals surface area contributed by atoms with Crippen LogP contribution in [-0.2, 0) is 11.2 Å². The van der Waals surface area contributed by atoms with Gasteiger partial charge in [-0.15, -0.1) is 11.3 Å². The molecule has 0 spiro atoms. The second-order valence-corrected chi connectivity index (χ2v) is 7.59. The first-order valence-corrected chi connectivity index (χ1v) is 9.61. The summed E-state index contributed by atoms with van der Waals surface area (Å²) in [6.07, 6.45) is 4.27. The van der Waals surface area contributed by atoms with Crippen molar-refractivity contribution in [3.05, 3.63) is 40.0 Å². The molecule has 0 amide bonds. The van der Waals surface area contributed by atoms with Crippen molar-refractivity contribution in [2.75, 3.05) is 20.3 Å². The SMILES string of the molecule is COc1cc2nn(C3CCOCC3)cc2cc1CC(=O)c1csc(C)n1. The van der Waals surface area contributed by atoms with Crippen LogP contribution in [0, 0.1) is 6.92 Å². The summed E-state index contributed by atoms with van der Waals surface area (Å²) in [6.45, 7) is 3.45. The Labute approximate surface area is 155 Å². The Kier molecular flexibility index (Phi) is 4.74. The normalized spacial score (nSPS) is 15.5. The van der Waals surface area contributed by atoms with Crippen molar-refractivity contribution >= 4 is 28.0 Å². The van der Waals surface area contributed by atoms with Crippen molar-refractivity contribution in [1.29, 1.82) is 0 Å². The third-order valence-corrected chi connectivity index (χ3v) is 5.52. The van der Waals surface area contributed by atoms with Gasteiger partial charge >= 0.3 is 0 Å². The van der Waals surface area contributed by atoms with Crippen LogP contribution in [-0.4, -0.2) is 40.9 Å². The lowest BCUT2D eigenvalue weighted by Crippen LogP contribution is -2.19. The molecule has 2 aromatic heterocycles. The van der Waals surface area contributed by atoms with E-state index < -0.39 is 0 Å². The number of fused-ring (bicyclic) bond motifs is 1. The molecule has 3 heterocycles. The van der Waals surface area contributed by atoms with Crippen LogP contribution in [0.15, 0.2) is 23.7 Å². The average molecular weight is 371 g/mol. The number of benzene rings is 1. The maximum Gasteiger partial charge on any atom is 0.186 e. The van der Waals surface area contributed by atoms with E-state index in [0.29, 0.717) is 17.5 Å². The third-order valence-electron chi connectivity index (χ3n) is 4.74. The summed E-state index contributed by atoms with van der Waals surface area (Å²) in [5.41, 5.74) is 2.27. The van der Waals surface area contributed by atoms with Gasteiger partial charge < -0.3 is 9.47 Å². The van der Waals surface area contributed by atoms with E-state index in [9.17, 15) is 4.79 Å². The fraction of sp³-hybridized carbons (Fsp3) is 0.421. The van der Waals surface area contributed by atoms with Crippen LogP contribution in [0.5, 0.6) is 5.75 Å². The first kappa shape index (κ1) is 17.2. The fourth-order valence-electron chi connectivity index (χ4n) is 3.34. The number of carbonyl (C=O) groups is 1. The van der Waals surface area contributed by atoms with Crippen LogP contribution < -0.4 is 4.74 Å². The molecule has 0 bridgehead atoms. The summed E-state index contributed by atoms with van der Waals surface area (Å²) in [6, 6.07) is 4.29. The molecule has 0 aliphatic carbocycles. The minimum absolute atomic E-state index is 0.00354. The molecule has 3 aromatic rings. The van der Waals surface area contributed by atoms with E-state index in [1.165, 1.54) is 11.3 Å². The highest BCUT2D eigenvalue weighted by Crippen LogP contribution is 2.29. The minimum Gasteiger partial charge on any atom is -0.496 e. The molecule has 6 nitrogen and oxygen atoms in total. The molecule has 0 radical (unpaired) electrons. The molecule has 26 heavy (non-hydrogen) atoms. The number of nitrogens with zero attached hydrogens (tertiary/aromatic N) is 3. The van der Waals surface area contributed by atoms with Gasteiger partial charge in [0.25, 0.3) is 0 Å². The van der Waals surface area contributed by atoms with Crippen molar-refractivity contribution in [2.24, 2.45) is 0 Å². The van der Waals surface area contributed by atoms with Crippen molar-refractivity contribution in [3.63, 3.8) is 0 Å². The summed E-state index contributed by atoms with van der Waals surface area (Å²) in [7, 11) is 1.62. The number of rotatable bonds is 5. The van der Waals surface area contributed by atoms with Crippen LogP contribution >= 0.6 is 11.3 Å².